The maximum Gasteiger partial charge on any atom is 0.270 e. The van der Waals surface area contributed by atoms with Crippen molar-refractivity contribution in [1.82, 2.24) is 9.88 Å². The molecular formula is C18H20ClN3OS2. The zero-order valence-corrected chi connectivity index (χ0v) is 16.6. The van der Waals surface area contributed by atoms with Crippen LogP contribution in [0.3, 0.4) is 0 Å². The van der Waals surface area contributed by atoms with Gasteiger partial charge in [-0.1, -0.05) is 42.9 Å². The number of likely N-dealkylation sites (N-methyl/N-ethyl adjacent to an activating group) is 1. The van der Waals surface area contributed by atoms with Gasteiger partial charge in [-0.2, -0.15) is 0 Å². The van der Waals surface area contributed by atoms with Gasteiger partial charge in [0.15, 0.2) is 5.13 Å². The Morgan fingerprint density at radius 1 is 1.20 bits per heavy atom. The lowest BCUT2D eigenvalue weighted by Crippen LogP contribution is -2.38. The van der Waals surface area contributed by atoms with Crippen molar-refractivity contribution >= 4 is 55.5 Å². The highest BCUT2D eigenvalue weighted by Crippen LogP contribution is 2.31. The van der Waals surface area contributed by atoms with Crippen LogP contribution in [0.1, 0.15) is 23.5 Å². The van der Waals surface area contributed by atoms with E-state index in [0.29, 0.717) is 11.6 Å². The Kier molecular flexibility index (Phi) is 6.06. The Morgan fingerprint density at radius 3 is 2.68 bits per heavy atom. The molecule has 4 nitrogen and oxygen atoms in total. The fourth-order valence-corrected chi connectivity index (χ4v) is 4.54. The summed E-state index contributed by atoms with van der Waals surface area (Å²) < 4.78 is 0.995. The molecule has 0 radical (unpaired) electrons. The first-order chi connectivity index (χ1) is 12.1. The Bertz CT molecular complexity index is 843. The molecule has 2 aromatic heterocycles. The summed E-state index contributed by atoms with van der Waals surface area (Å²) in [6.45, 7) is 7.63. The van der Waals surface area contributed by atoms with Crippen molar-refractivity contribution in [3.8, 4) is 0 Å². The molecule has 3 rings (SSSR count). The van der Waals surface area contributed by atoms with Crippen molar-refractivity contribution in [1.29, 1.82) is 0 Å². The molecule has 2 heterocycles. The first-order valence-electron chi connectivity index (χ1n) is 8.26. The highest BCUT2D eigenvalue weighted by Gasteiger charge is 2.22. The Morgan fingerprint density at radius 2 is 2.00 bits per heavy atom. The zero-order valence-electron chi connectivity index (χ0n) is 14.2. The van der Waals surface area contributed by atoms with Gasteiger partial charge in [0.05, 0.1) is 15.1 Å². The third-order valence-corrected chi connectivity index (χ3v) is 6.22. The third kappa shape index (κ3) is 4.20. The van der Waals surface area contributed by atoms with E-state index in [-0.39, 0.29) is 5.91 Å². The number of amides is 1. The van der Waals surface area contributed by atoms with Gasteiger partial charge in [0.2, 0.25) is 0 Å². The van der Waals surface area contributed by atoms with Crippen LogP contribution in [0.5, 0.6) is 0 Å². The third-order valence-electron chi connectivity index (χ3n) is 4.08. The van der Waals surface area contributed by atoms with E-state index in [1.165, 1.54) is 22.7 Å². The van der Waals surface area contributed by atoms with Crippen molar-refractivity contribution in [2.24, 2.45) is 0 Å². The summed E-state index contributed by atoms with van der Waals surface area (Å²) in [5.41, 5.74) is 0.871. The number of anilines is 1. The fourth-order valence-electron chi connectivity index (χ4n) is 2.60. The SMILES string of the molecule is CCN(CC)CCN(C(=O)c1cccs1)c1nc2ccc(Cl)cc2s1. The van der Waals surface area contributed by atoms with Gasteiger partial charge in [0.1, 0.15) is 0 Å². The van der Waals surface area contributed by atoms with Gasteiger partial charge in [-0.25, -0.2) is 4.98 Å². The van der Waals surface area contributed by atoms with E-state index in [9.17, 15) is 4.79 Å². The second-order valence-electron chi connectivity index (χ2n) is 5.57. The predicted molar refractivity (Wildman–Crippen MR) is 108 cm³/mol. The Labute approximate surface area is 160 Å². The molecule has 0 atom stereocenters. The lowest BCUT2D eigenvalue weighted by Gasteiger charge is -2.24. The summed E-state index contributed by atoms with van der Waals surface area (Å²) in [6, 6.07) is 9.39. The second-order valence-corrected chi connectivity index (χ2v) is 7.96. The quantitative estimate of drug-likeness (QED) is 0.566. The number of hydrogen-bond donors (Lipinski definition) is 0. The smallest absolute Gasteiger partial charge is 0.270 e. The molecule has 3 aromatic rings. The van der Waals surface area contributed by atoms with Gasteiger partial charge in [-0.15, -0.1) is 11.3 Å². The average Bonchev–Trinajstić information content (AvgIpc) is 3.27. The standard InChI is InChI=1S/C18H20ClN3OS2/c1-3-21(4-2)9-10-22(17(23)15-6-5-11-24-15)18-20-14-8-7-13(19)12-16(14)25-18/h5-8,11-12H,3-4,9-10H2,1-2H3. The van der Waals surface area contributed by atoms with Crippen LogP contribution in [0, 0.1) is 0 Å². The van der Waals surface area contributed by atoms with Gasteiger partial charge < -0.3 is 4.90 Å². The molecule has 25 heavy (non-hydrogen) atoms. The van der Waals surface area contributed by atoms with Crippen molar-refractivity contribution < 1.29 is 4.79 Å². The Hall–Kier alpha value is -1.47. The summed E-state index contributed by atoms with van der Waals surface area (Å²) in [6.07, 6.45) is 0. The first-order valence-corrected chi connectivity index (χ1v) is 10.3. The zero-order chi connectivity index (χ0) is 17.8. The molecule has 1 amide bonds. The molecular weight excluding hydrogens is 374 g/mol. The second kappa shape index (κ2) is 8.27. The van der Waals surface area contributed by atoms with Crippen LogP contribution >= 0.6 is 34.3 Å². The molecule has 0 unspecified atom stereocenters. The molecule has 0 bridgehead atoms. The maximum absolute atomic E-state index is 13.0. The maximum atomic E-state index is 13.0. The minimum atomic E-state index is 0.00677. The fraction of sp³-hybridized carbons (Fsp3) is 0.333. The minimum absolute atomic E-state index is 0.00677. The molecule has 0 spiro atoms. The number of carbonyl (C=O) groups is 1. The molecule has 0 N–H and O–H groups in total. The number of thiophene rings is 1. The summed E-state index contributed by atoms with van der Waals surface area (Å²) in [5, 5.41) is 3.33. The predicted octanol–water partition coefficient (Wildman–Crippen LogP) is 5.00. The van der Waals surface area contributed by atoms with Gasteiger partial charge in [0, 0.05) is 18.1 Å². The number of thiazole rings is 1. The van der Waals surface area contributed by atoms with Crippen LogP contribution in [-0.2, 0) is 0 Å². The van der Waals surface area contributed by atoms with Crippen molar-refractivity contribution in [3.05, 3.63) is 45.6 Å². The number of fused-ring (bicyclic) bond motifs is 1. The molecule has 0 saturated heterocycles. The van der Waals surface area contributed by atoms with Gasteiger partial charge in [-0.3, -0.25) is 9.69 Å². The summed E-state index contributed by atoms with van der Waals surface area (Å²) in [5.74, 6) is 0.00677. The highest BCUT2D eigenvalue weighted by molar-refractivity contribution is 7.22. The summed E-state index contributed by atoms with van der Waals surface area (Å²) in [7, 11) is 0. The van der Waals surface area contributed by atoms with Crippen molar-refractivity contribution in [3.63, 3.8) is 0 Å². The molecule has 0 aliphatic heterocycles. The van der Waals surface area contributed by atoms with Gasteiger partial charge in [-0.05, 0) is 42.7 Å². The van der Waals surface area contributed by atoms with E-state index in [1.54, 1.807) is 4.90 Å². The number of carbonyl (C=O) groups excluding carboxylic acids is 1. The molecule has 0 aliphatic rings. The average molecular weight is 394 g/mol. The minimum Gasteiger partial charge on any atom is -0.302 e. The molecule has 1 aromatic carbocycles. The van der Waals surface area contributed by atoms with Crippen LogP contribution in [0.25, 0.3) is 10.2 Å². The largest absolute Gasteiger partial charge is 0.302 e. The number of halogens is 1. The highest BCUT2D eigenvalue weighted by atomic mass is 35.5. The normalized spacial score (nSPS) is 11.4. The van der Waals surface area contributed by atoms with Crippen LogP contribution in [0.4, 0.5) is 5.13 Å². The lowest BCUT2D eigenvalue weighted by atomic mass is 10.3. The number of rotatable bonds is 7. The van der Waals surface area contributed by atoms with E-state index >= 15 is 0 Å². The van der Waals surface area contributed by atoms with E-state index < -0.39 is 0 Å². The molecule has 0 aliphatic carbocycles. The molecule has 132 valence electrons. The van der Waals surface area contributed by atoms with Crippen molar-refractivity contribution in [2.75, 3.05) is 31.1 Å². The summed E-state index contributed by atoms with van der Waals surface area (Å²) in [4.78, 5) is 22.5. The molecule has 0 fully saturated rings. The molecule has 0 saturated carbocycles. The van der Waals surface area contributed by atoms with Gasteiger partial charge >= 0.3 is 0 Å². The number of aromatic nitrogens is 1. The van der Waals surface area contributed by atoms with E-state index in [1.807, 2.05) is 35.7 Å². The van der Waals surface area contributed by atoms with E-state index in [0.717, 1.165) is 39.9 Å². The monoisotopic (exact) mass is 393 g/mol. The van der Waals surface area contributed by atoms with Crippen LogP contribution in [-0.4, -0.2) is 42.0 Å². The van der Waals surface area contributed by atoms with E-state index in [4.69, 9.17) is 11.6 Å². The van der Waals surface area contributed by atoms with Gasteiger partial charge in [0.25, 0.3) is 5.91 Å². The summed E-state index contributed by atoms with van der Waals surface area (Å²) >= 11 is 9.05. The first kappa shape index (κ1) is 18.3. The Balaban J connectivity index is 1.92. The number of benzene rings is 1. The lowest BCUT2D eigenvalue weighted by molar-refractivity contribution is 0.0987. The van der Waals surface area contributed by atoms with Crippen LogP contribution < -0.4 is 4.90 Å². The number of nitrogens with zero attached hydrogens (tertiary/aromatic N) is 3. The topological polar surface area (TPSA) is 36.4 Å². The van der Waals surface area contributed by atoms with E-state index in [2.05, 4.69) is 23.7 Å². The van der Waals surface area contributed by atoms with Crippen LogP contribution in [0.15, 0.2) is 35.7 Å². The number of hydrogen-bond acceptors (Lipinski definition) is 5. The van der Waals surface area contributed by atoms with Crippen molar-refractivity contribution in [2.45, 2.75) is 13.8 Å². The molecule has 7 heteroatoms. The van der Waals surface area contributed by atoms with Crippen LogP contribution in [0.2, 0.25) is 5.02 Å².